The van der Waals surface area contributed by atoms with E-state index in [2.05, 4.69) is 13.8 Å². The molecule has 1 saturated heterocycles. The Morgan fingerprint density at radius 3 is 2.65 bits per heavy atom. The van der Waals surface area contributed by atoms with Gasteiger partial charge in [-0.1, -0.05) is 19.9 Å². The van der Waals surface area contributed by atoms with Gasteiger partial charge in [-0.3, -0.25) is 9.59 Å². The van der Waals surface area contributed by atoms with Gasteiger partial charge in [0.1, 0.15) is 19.3 Å². The lowest BCUT2D eigenvalue weighted by Gasteiger charge is -2.31. The van der Waals surface area contributed by atoms with Crippen LogP contribution in [0.1, 0.15) is 39.2 Å². The standard InChI is InChI=1S/C20H28N2O4/c1-14(2)12-21(20(24)17-5-4-8-22(17)15(3)23)13-16-6-7-18-19(11-16)26-10-9-25-18/h6-7,11,14,17H,4-5,8-10,12-13H2,1-3H3/t17-/m0/s1. The van der Waals surface area contributed by atoms with Gasteiger partial charge in [0.2, 0.25) is 11.8 Å². The maximum Gasteiger partial charge on any atom is 0.245 e. The molecular formula is C20H28N2O4. The normalized spacial score (nSPS) is 18.9. The van der Waals surface area contributed by atoms with Crippen LogP contribution in [-0.2, 0) is 16.1 Å². The zero-order chi connectivity index (χ0) is 18.7. The van der Waals surface area contributed by atoms with Crippen LogP contribution in [0.15, 0.2) is 18.2 Å². The molecule has 6 heteroatoms. The minimum absolute atomic E-state index is 0.0234. The van der Waals surface area contributed by atoms with E-state index in [4.69, 9.17) is 9.47 Å². The fraction of sp³-hybridized carbons (Fsp3) is 0.600. The summed E-state index contributed by atoms with van der Waals surface area (Å²) < 4.78 is 11.2. The van der Waals surface area contributed by atoms with Gasteiger partial charge in [0.25, 0.3) is 0 Å². The summed E-state index contributed by atoms with van der Waals surface area (Å²) in [6.45, 7) is 8.69. The Balaban J connectivity index is 1.77. The van der Waals surface area contributed by atoms with E-state index in [1.165, 1.54) is 0 Å². The monoisotopic (exact) mass is 360 g/mol. The Kier molecular flexibility index (Phi) is 5.69. The number of rotatable bonds is 5. The maximum absolute atomic E-state index is 13.2. The number of amides is 2. The molecular weight excluding hydrogens is 332 g/mol. The van der Waals surface area contributed by atoms with Crippen LogP contribution in [0.25, 0.3) is 0 Å². The number of benzene rings is 1. The molecule has 0 saturated carbocycles. The average Bonchev–Trinajstić information content (AvgIpc) is 3.10. The highest BCUT2D eigenvalue weighted by Crippen LogP contribution is 2.31. The molecule has 2 heterocycles. The van der Waals surface area contributed by atoms with Gasteiger partial charge in [-0.05, 0) is 36.5 Å². The van der Waals surface area contributed by atoms with Crippen LogP contribution in [0.5, 0.6) is 11.5 Å². The second-order valence-electron chi connectivity index (χ2n) is 7.46. The Morgan fingerprint density at radius 1 is 1.23 bits per heavy atom. The first-order valence-corrected chi connectivity index (χ1v) is 9.40. The van der Waals surface area contributed by atoms with Gasteiger partial charge in [0.15, 0.2) is 11.5 Å². The zero-order valence-electron chi connectivity index (χ0n) is 15.9. The summed E-state index contributed by atoms with van der Waals surface area (Å²) in [5.41, 5.74) is 1.01. The van der Waals surface area contributed by atoms with Gasteiger partial charge in [-0.2, -0.15) is 0 Å². The van der Waals surface area contributed by atoms with Crippen molar-refractivity contribution in [1.82, 2.24) is 9.80 Å². The lowest BCUT2D eigenvalue weighted by Crippen LogP contribution is -2.47. The van der Waals surface area contributed by atoms with E-state index >= 15 is 0 Å². The highest BCUT2D eigenvalue weighted by atomic mass is 16.6. The molecule has 2 aliphatic rings. The molecule has 0 aliphatic carbocycles. The average molecular weight is 360 g/mol. The smallest absolute Gasteiger partial charge is 0.245 e. The molecule has 3 rings (SSSR count). The predicted molar refractivity (Wildman–Crippen MR) is 98.1 cm³/mol. The molecule has 2 amide bonds. The van der Waals surface area contributed by atoms with Crippen LogP contribution in [0.3, 0.4) is 0 Å². The quantitative estimate of drug-likeness (QED) is 0.809. The summed E-state index contributed by atoms with van der Waals surface area (Å²) in [6, 6.07) is 5.50. The first-order valence-electron chi connectivity index (χ1n) is 9.40. The zero-order valence-corrected chi connectivity index (χ0v) is 15.9. The lowest BCUT2D eigenvalue weighted by molar-refractivity contribution is -0.143. The Labute approximate surface area is 155 Å². The number of likely N-dealkylation sites (tertiary alicyclic amines) is 1. The number of nitrogens with zero attached hydrogens (tertiary/aromatic N) is 2. The SMILES string of the molecule is CC(=O)N1CCC[C@H]1C(=O)N(Cc1ccc2c(c1)OCCO2)CC(C)C. The van der Waals surface area contributed by atoms with Crippen molar-refractivity contribution in [3.63, 3.8) is 0 Å². The van der Waals surface area contributed by atoms with Crippen molar-refractivity contribution >= 4 is 11.8 Å². The third kappa shape index (κ3) is 4.11. The summed E-state index contributed by atoms with van der Waals surface area (Å²) in [6.07, 6.45) is 1.63. The Morgan fingerprint density at radius 2 is 1.96 bits per heavy atom. The van der Waals surface area contributed by atoms with Crippen molar-refractivity contribution in [3.8, 4) is 11.5 Å². The van der Waals surface area contributed by atoms with E-state index in [-0.39, 0.29) is 17.9 Å². The van der Waals surface area contributed by atoms with Crippen molar-refractivity contribution in [3.05, 3.63) is 23.8 Å². The van der Waals surface area contributed by atoms with Crippen molar-refractivity contribution in [2.75, 3.05) is 26.3 Å². The fourth-order valence-corrected chi connectivity index (χ4v) is 3.69. The lowest BCUT2D eigenvalue weighted by atomic mass is 10.1. The molecule has 0 unspecified atom stereocenters. The second kappa shape index (κ2) is 7.98. The molecule has 1 aromatic carbocycles. The number of hydrogen-bond acceptors (Lipinski definition) is 4. The first kappa shape index (κ1) is 18.5. The summed E-state index contributed by atoms with van der Waals surface area (Å²) in [5, 5.41) is 0. The van der Waals surface area contributed by atoms with Gasteiger partial charge in [-0.15, -0.1) is 0 Å². The summed E-state index contributed by atoms with van der Waals surface area (Å²) >= 11 is 0. The van der Waals surface area contributed by atoms with E-state index in [0.29, 0.717) is 38.8 Å². The number of fused-ring (bicyclic) bond motifs is 1. The van der Waals surface area contributed by atoms with Crippen LogP contribution in [-0.4, -0.2) is 54.0 Å². The van der Waals surface area contributed by atoms with Gasteiger partial charge in [0, 0.05) is 26.6 Å². The van der Waals surface area contributed by atoms with Crippen molar-refractivity contribution in [2.24, 2.45) is 5.92 Å². The van der Waals surface area contributed by atoms with Gasteiger partial charge < -0.3 is 19.3 Å². The molecule has 1 aromatic rings. The molecule has 1 fully saturated rings. The molecule has 0 radical (unpaired) electrons. The molecule has 26 heavy (non-hydrogen) atoms. The molecule has 6 nitrogen and oxygen atoms in total. The molecule has 142 valence electrons. The summed E-state index contributed by atoms with van der Waals surface area (Å²) in [4.78, 5) is 28.6. The highest BCUT2D eigenvalue weighted by Gasteiger charge is 2.35. The van der Waals surface area contributed by atoms with Crippen LogP contribution in [0.4, 0.5) is 0 Å². The maximum atomic E-state index is 13.2. The van der Waals surface area contributed by atoms with Gasteiger partial charge in [0.05, 0.1) is 0 Å². The number of carbonyl (C=O) groups is 2. The largest absolute Gasteiger partial charge is 0.486 e. The molecule has 2 aliphatic heterocycles. The van der Waals surface area contributed by atoms with Crippen molar-refractivity contribution in [2.45, 2.75) is 46.2 Å². The van der Waals surface area contributed by atoms with E-state index in [1.54, 1.807) is 11.8 Å². The van der Waals surface area contributed by atoms with Crippen LogP contribution >= 0.6 is 0 Å². The third-order valence-corrected chi connectivity index (χ3v) is 4.82. The highest BCUT2D eigenvalue weighted by molar-refractivity contribution is 5.87. The van der Waals surface area contributed by atoms with E-state index in [1.807, 2.05) is 23.1 Å². The van der Waals surface area contributed by atoms with E-state index in [0.717, 1.165) is 29.9 Å². The number of hydrogen-bond donors (Lipinski definition) is 0. The number of carbonyl (C=O) groups excluding carboxylic acids is 2. The van der Waals surface area contributed by atoms with Crippen LogP contribution < -0.4 is 9.47 Å². The Bertz CT molecular complexity index is 674. The topological polar surface area (TPSA) is 59.1 Å². The summed E-state index contributed by atoms with van der Waals surface area (Å²) in [5.74, 6) is 1.85. The third-order valence-electron chi connectivity index (χ3n) is 4.82. The van der Waals surface area contributed by atoms with E-state index in [9.17, 15) is 9.59 Å². The molecule has 0 aromatic heterocycles. The minimum Gasteiger partial charge on any atom is -0.486 e. The summed E-state index contributed by atoms with van der Waals surface area (Å²) in [7, 11) is 0. The Hall–Kier alpha value is -2.24. The molecule has 0 N–H and O–H groups in total. The molecule has 1 atom stereocenters. The van der Waals surface area contributed by atoms with E-state index < -0.39 is 0 Å². The fourth-order valence-electron chi connectivity index (χ4n) is 3.69. The van der Waals surface area contributed by atoms with Crippen molar-refractivity contribution < 1.29 is 19.1 Å². The van der Waals surface area contributed by atoms with Crippen molar-refractivity contribution in [1.29, 1.82) is 0 Å². The first-order chi connectivity index (χ1) is 12.5. The second-order valence-corrected chi connectivity index (χ2v) is 7.46. The molecule has 0 spiro atoms. The van der Waals surface area contributed by atoms with Crippen LogP contribution in [0, 0.1) is 5.92 Å². The number of ether oxygens (including phenoxy) is 2. The van der Waals surface area contributed by atoms with Crippen LogP contribution in [0.2, 0.25) is 0 Å². The van der Waals surface area contributed by atoms with Gasteiger partial charge in [-0.25, -0.2) is 0 Å². The minimum atomic E-state index is -0.330. The predicted octanol–water partition coefficient (Wildman–Crippen LogP) is 2.45. The van der Waals surface area contributed by atoms with Gasteiger partial charge >= 0.3 is 0 Å². The molecule has 0 bridgehead atoms.